The van der Waals surface area contributed by atoms with E-state index in [1.165, 1.54) is 12.5 Å². The Balaban J connectivity index is 0.00000306. The van der Waals surface area contributed by atoms with Gasteiger partial charge < -0.3 is 15.5 Å². The fourth-order valence-electron chi connectivity index (χ4n) is 4.38. The van der Waals surface area contributed by atoms with E-state index >= 15 is 0 Å². The molecule has 178 valence electrons. The van der Waals surface area contributed by atoms with E-state index in [0.717, 1.165) is 68.0 Å². The molecule has 1 amide bonds. The SMILES string of the molecule is CCNC(=NCc1ccc(C(=O)N2CCCCC2)cc1)NCC1(c2ccccc2F)CC1.I. The minimum absolute atomic E-state index is 0. The normalized spacial score (nSPS) is 17.2. The van der Waals surface area contributed by atoms with E-state index < -0.39 is 0 Å². The average molecular weight is 564 g/mol. The first-order valence-corrected chi connectivity index (χ1v) is 11.8. The fraction of sp³-hybridized carbons (Fsp3) is 0.462. The monoisotopic (exact) mass is 564 g/mol. The summed E-state index contributed by atoms with van der Waals surface area (Å²) in [5, 5.41) is 6.68. The van der Waals surface area contributed by atoms with Gasteiger partial charge in [0, 0.05) is 37.2 Å². The third-order valence-electron chi connectivity index (χ3n) is 6.50. The van der Waals surface area contributed by atoms with Crippen molar-refractivity contribution in [3.8, 4) is 0 Å². The highest BCUT2D eigenvalue weighted by atomic mass is 127. The Morgan fingerprint density at radius 2 is 1.73 bits per heavy atom. The molecule has 1 aliphatic carbocycles. The van der Waals surface area contributed by atoms with Gasteiger partial charge in [-0.25, -0.2) is 9.38 Å². The minimum atomic E-state index is -0.141. The Kier molecular flexibility index (Phi) is 9.11. The maximum atomic E-state index is 14.3. The Hall–Kier alpha value is -2.16. The highest BCUT2D eigenvalue weighted by Gasteiger charge is 2.45. The minimum Gasteiger partial charge on any atom is -0.357 e. The molecular weight excluding hydrogens is 530 g/mol. The smallest absolute Gasteiger partial charge is 0.253 e. The van der Waals surface area contributed by atoms with Crippen LogP contribution in [0.5, 0.6) is 0 Å². The van der Waals surface area contributed by atoms with E-state index in [0.29, 0.717) is 13.1 Å². The van der Waals surface area contributed by atoms with Crippen LogP contribution < -0.4 is 10.6 Å². The molecule has 0 spiro atoms. The van der Waals surface area contributed by atoms with Crippen LogP contribution in [0.1, 0.15) is 60.5 Å². The van der Waals surface area contributed by atoms with E-state index in [1.54, 1.807) is 6.07 Å². The van der Waals surface area contributed by atoms with Crippen LogP contribution >= 0.6 is 24.0 Å². The molecule has 2 aromatic carbocycles. The zero-order valence-corrected chi connectivity index (χ0v) is 21.6. The van der Waals surface area contributed by atoms with Crippen molar-refractivity contribution < 1.29 is 9.18 Å². The van der Waals surface area contributed by atoms with Gasteiger partial charge in [0.05, 0.1) is 6.54 Å². The number of aliphatic imine (C=N–C) groups is 1. The topological polar surface area (TPSA) is 56.7 Å². The number of benzene rings is 2. The standard InChI is InChI=1S/C26H33FN4O.HI/c1-2-28-25(30-19-26(14-15-26)22-8-4-5-9-23(22)27)29-18-20-10-12-21(13-11-20)24(32)31-16-6-3-7-17-31;/h4-5,8-13H,2-3,6-7,14-19H2,1H3,(H2,28,29,30);1H. The van der Waals surface area contributed by atoms with Crippen LogP contribution in [-0.2, 0) is 12.0 Å². The molecule has 0 bridgehead atoms. The van der Waals surface area contributed by atoms with E-state index in [1.807, 2.05) is 48.2 Å². The number of amides is 1. The van der Waals surface area contributed by atoms with Gasteiger partial charge in [-0.2, -0.15) is 0 Å². The van der Waals surface area contributed by atoms with Crippen LogP contribution in [0.15, 0.2) is 53.5 Å². The maximum absolute atomic E-state index is 14.3. The Labute approximate surface area is 213 Å². The Morgan fingerprint density at radius 3 is 2.36 bits per heavy atom. The van der Waals surface area contributed by atoms with Gasteiger partial charge in [-0.15, -0.1) is 24.0 Å². The van der Waals surface area contributed by atoms with Gasteiger partial charge in [0.25, 0.3) is 5.91 Å². The van der Waals surface area contributed by atoms with Gasteiger partial charge >= 0.3 is 0 Å². The van der Waals surface area contributed by atoms with Crippen molar-refractivity contribution in [1.29, 1.82) is 0 Å². The number of guanidine groups is 1. The first kappa shape index (κ1) is 25.5. The van der Waals surface area contributed by atoms with Crippen molar-refractivity contribution in [1.82, 2.24) is 15.5 Å². The third-order valence-corrected chi connectivity index (χ3v) is 6.50. The highest BCUT2D eigenvalue weighted by Crippen LogP contribution is 2.48. The summed E-state index contributed by atoms with van der Waals surface area (Å²) in [6.45, 7) is 5.67. The van der Waals surface area contributed by atoms with Crippen molar-refractivity contribution in [3.05, 3.63) is 71.0 Å². The van der Waals surface area contributed by atoms with Crippen molar-refractivity contribution in [2.75, 3.05) is 26.2 Å². The predicted molar refractivity (Wildman–Crippen MR) is 142 cm³/mol. The number of hydrogen-bond acceptors (Lipinski definition) is 2. The Bertz CT molecular complexity index is 953. The molecule has 1 saturated carbocycles. The number of likely N-dealkylation sites (tertiary alicyclic amines) is 1. The molecule has 7 heteroatoms. The fourth-order valence-corrected chi connectivity index (χ4v) is 4.38. The van der Waals surface area contributed by atoms with Crippen LogP contribution in [0.25, 0.3) is 0 Å². The van der Waals surface area contributed by atoms with Gasteiger partial charge in [-0.1, -0.05) is 30.3 Å². The van der Waals surface area contributed by atoms with Crippen LogP contribution in [0.3, 0.4) is 0 Å². The molecule has 2 aliphatic rings. The molecular formula is C26H34FIN4O. The molecule has 0 unspecified atom stereocenters. The molecule has 2 aromatic rings. The van der Waals surface area contributed by atoms with Crippen molar-refractivity contribution in [2.24, 2.45) is 4.99 Å². The lowest BCUT2D eigenvalue weighted by Crippen LogP contribution is -2.41. The maximum Gasteiger partial charge on any atom is 0.253 e. The summed E-state index contributed by atoms with van der Waals surface area (Å²) in [6, 6.07) is 14.8. The first-order valence-electron chi connectivity index (χ1n) is 11.8. The van der Waals surface area contributed by atoms with Crippen molar-refractivity contribution >= 4 is 35.8 Å². The van der Waals surface area contributed by atoms with Crippen LogP contribution in [0, 0.1) is 5.82 Å². The largest absolute Gasteiger partial charge is 0.357 e. The predicted octanol–water partition coefficient (Wildman–Crippen LogP) is 4.86. The van der Waals surface area contributed by atoms with E-state index in [-0.39, 0.29) is 41.1 Å². The van der Waals surface area contributed by atoms with Gasteiger partial charge in [0.2, 0.25) is 0 Å². The summed E-state index contributed by atoms with van der Waals surface area (Å²) >= 11 is 0. The molecule has 5 nitrogen and oxygen atoms in total. The molecule has 1 aliphatic heterocycles. The van der Waals surface area contributed by atoms with E-state index in [2.05, 4.69) is 10.6 Å². The number of halogens is 2. The molecule has 4 rings (SSSR count). The molecule has 1 saturated heterocycles. The summed E-state index contributed by atoms with van der Waals surface area (Å²) in [7, 11) is 0. The summed E-state index contributed by atoms with van der Waals surface area (Å²) < 4.78 is 14.3. The number of nitrogens with zero attached hydrogens (tertiary/aromatic N) is 2. The third kappa shape index (κ3) is 6.46. The number of rotatable bonds is 7. The second-order valence-corrected chi connectivity index (χ2v) is 8.86. The quantitative estimate of drug-likeness (QED) is 0.287. The molecule has 2 fully saturated rings. The zero-order valence-electron chi connectivity index (χ0n) is 19.3. The van der Waals surface area contributed by atoms with Crippen LogP contribution in [-0.4, -0.2) is 42.9 Å². The van der Waals surface area contributed by atoms with Crippen molar-refractivity contribution in [2.45, 2.75) is 51.0 Å². The second kappa shape index (κ2) is 11.8. The molecule has 33 heavy (non-hydrogen) atoms. The second-order valence-electron chi connectivity index (χ2n) is 8.86. The first-order chi connectivity index (χ1) is 15.6. The number of hydrogen-bond donors (Lipinski definition) is 2. The van der Waals surface area contributed by atoms with Gasteiger partial charge in [0.15, 0.2) is 5.96 Å². The molecule has 0 aromatic heterocycles. The number of piperidine rings is 1. The molecule has 2 N–H and O–H groups in total. The summed E-state index contributed by atoms with van der Waals surface area (Å²) in [5.74, 6) is 0.717. The molecule has 1 heterocycles. The lowest BCUT2D eigenvalue weighted by molar-refractivity contribution is 0.0724. The lowest BCUT2D eigenvalue weighted by atomic mass is 9.95. The van der Waals surface area contributed by atoms with Gasteiger partial charge in [-0.3, -0.25) is 4.79 Å². The summed E-state index contributed by atoms with van der Waals surface area (Å²) in [4.78, 5) is 19.3. The van der Waals surface area contributed by atoms with E-state index in [4.69, 9.17) is 4.99 Å². The van der Waals surface area contributed by atoms with E-state index in [9.17, 15) is 9.18 Å². The number of carbonyl (C=O) groups is 1. The average Bonchev–Trinajstić information content (AvgIpc) is 3.62. The zero-order chi connectivity index (χ0) is 22.4. The summed E-state index contributed by atoms with van der Waals surface area (Å²) in [6.07, 6.45) is 5.36. The van der Waals surface area contributed by atoms with Crippen molar-refractivity contribution in [3.63, 3.8) is 0 Å². The molecule has 0 radical (unpaired) electrons. The number of nitrogens with one attached hydrogen (secondary N) is 2. The summed E-state index contributed by atoms with van der Waals surface area (Å²) in [5.41, 5.74) is 2.44. The van der Waals surface area contributed by atoms with Gasteiger partial charge in [-0.05, 0) is 68.4 Å². The van der Waals surface area contributed by atoms with Gasteiger partial charge in [0.1, 0.15) is 5.82 Å². The van der Waals surface area contributed by atoms with Crippen LogP contribution in [0.2, 0.25) is 0 Å². The van der Waals surface area contributed by atoms with Crippen LogP contribution in [0.4, 0.5) is 4.39 Å². The molecule has 0 atom stereocenters. The Morgan fingerprint density at radius 1 is 1.03 bits per heavy atom. The highest BCUT2D eigenvalue weighted by molar-refractivity contribution is 14.0. The number of carbonyl (C=O) groups excluding carboxylic acids is 1. The lowest BCUT2D eigenvalue weighted by Gasteiger charge is -2.26.